The van der Waals surface area contributed by atoms with Gasteiger partial charge in [-0.3, -0.25) is 14.9 Å². The maximum absolute atomic E-state index is 11.8. The SMILES string of the molecule is Cc1cc(NC(=O)[C@H](C)OC(=O)CCc2cccs2)on1. The van der Waals surface area contributed by atoms with Crippen LogP contribution in [0.2, 0.25) is 0 Å². The predicted molar refractivity (Wildman–Crippen MR) is 78.1 cm³/mol. The summed E-state index contributed by atoms with van der Waals surface area (Å²) in [5.41, 5.74) is 0.658. The molecule has 0 aliphatic carbocycles. The molecule has 1 N–H and O–H groups in total. The molecule has 2 aromatic heterocycles. The summed E-state index contributed by atoms with van der Waals surface area (Å²) in [7, 11) is 0. The molecule has 0 fully saturated rings. The van der Waals surface area contributed by atoms with Crippen molar-refractivity contribution in [1.82, 2.24) is 5.16 Å². The second-order valence-corrected chi connectivity index (χ2v) is 5.57. The summed E-state index contributed by atoms with van der Waals surface area (Å²) in [6.07, 6.45) is -0.0164. The summed E-state index contributed by atoms with van der Waals surface area (Å²) in [6.45, 7) is 3.26. The molecule has 1 amide bonds. The molecule has 0 saturated heterocycles. The van der Waals surface area contributed by atoms with Crippen molar-refractivity contribution in [2.75, 3.05) is 5.32 Å². The lowest BCUT2D eigenvalue weighted by Crippen LogP contribution is -2.29. The maximum atomic E-state index is 11.8. The molecular weight excluding hydrogens is 292 g/mol. The first-order valence-corrected chi connectivity index (χ1v) is 7.38. The zero-order chi connectivity index (χ0) is 15.2. The Morgan fingerprint density at radius 3 is 2.95 bits per heavy atom. The Bertz CT molecular complexity index is 606. The molecule has 0 spiro atoms. The Labute approximate surface area is 126 Å². The standard InChI is InChI=1S/C14H16N2O4S/c1-9-8-12(20-16-9)15-14(18)10(2)19-13(17)6-5-11-4-3-7-21-11/h3-4,7-8,10H,5-6H2,1-2H3,(H,15,18)/t10-/m0/s1. The summed E-state index contributed by atoms with van der Waals surface area (Å²) >= 11 is 1.59. The van der Waals surface area contributed by atoms with Gasteiger partial charge in [-0.25, -0.2) is 0 Å². The van der Waals surface area contributed by atoms with Gasteiger partial charge >= 0.3 is 5.97 Å². The van der Waals surface area contributed by atoms with Gasteiger partial charge in [-0.15, -0.1) is 11.3 Å². The lowest BCUT2D eigenvalue weighted by atomic mass is 10.2. The minimum atomic E-state index is -0.883. The molecule has 7 heteroatoms. The monoisotopic (exact) mass is 308 g/mol. The van der Waals surface area contributed by atoms with Crippen molar-refractivity contribution < 1.29 is 18.8 Å². The topological polar surface area (TPSA) is 81.4 Å². The van der Waals surface area contributed by atoms with E-state index in [-0.39, 0.29) is 12.3 Å². The van der Waals surface area contributed by atoms with Crippen LogP contribution >= 0.6 is 11.3 Å². The first-order valence-electron chi connectivity index (χ1n) is 6.50. The number of hydrogen-bond donors (Lipinski definition) is 1. The molecule has 6 nitrogen and oxygen atoms in total. The first-order chi connectivity index (χ1) is 10.0. The number of carbonyl (C=O) groups is 2. The highest BCUT2D eigenvalue weighted by Crippen LogP contribution is 2.12. The van der Waals surface area contributed by atoms with Crippen LogP contribution in [0.25, 0.3) is 0 Å². The maximum Gasteiger partial charge on any atom is 0.306 e. The van der Waals surface area contributed by atoms with Crippen LogP contribution in [-0.2, 0) is 20.7 Å². The van der Waals surface area contributed by atoms with Gasteiger partial charge in [-0.1, -0.05) is 11.2 Å². The number of carbonyl (C=O) groups excluding carboxylic acids is 2. The van der Waals surface area contributed by atoms with Gasteiger partial charge in [0, 0.05) is 10.9 Å². The molecule has 0 aliphatic heterocycles. The van der Waals surface area contributed by atoms with Crippen LogP contribution in [0, 0.1) is 6.92 Å². The third kappa shape index (κ3) is 4.71. The molecule has 0 unspecified atom stereocenters. The Hall–Kier alpha value is -2.15. The Kier molecular flexibility index (Phi) is 5.10. The minimum Gasteiger partial charge on any atom is -0.453 e. The second kappa shape index (κ2) is 7.03. The van der Waals surface area contributed by atoms with Crippen LogP contribution in [0.4, 0.5) is 5.88 Å². The average molecular weight is 308 g/mol. The quantitative estimate of drug-likeness (QED) is 0.829. The van der Waals surface area contributed by atoms with Gasteiger partial charge in [0.15, 0.2) is 6.10 Å². The molecule has 1 atom stereocenters. The van der Waals surface area contributed by atoms with Crippen molar-refractivity contribution in [1.29, 1.82) is 0 Å². The van der Waals surface area contributed by atoms with E-state index in [0.29, 0.717) is 12.1 Å². The summed E-state index contributed by atoms with van der Waals surface area (Å²) in [5.74, 6) is -0.616. The number of nitrogens with zero attached hydrogens (tertiary/aromatic N) is 1. The number of ether oxygens (including phenoxy) is 1. The minimum absolute atomic E-state index is 0.235. The Morgan fingerprint density at radius 2 is 2.33 bits per heavy atom. The Balaban J connectivity index is 1.76. The molecule has 21 heavy (non-hydrogen) atoms. The number of nitrogens with one attached hydrogen (secondary N) is 1. The molecule has 2 aromatic rings. The summed E-state index contributed by atoms with van der Waals surface area (Å²) in [5, 5.41) is 8.10. The summed E-state index contributed by atoms with van der Waals surface area (Å²) < 4.78 is 9.95. The van der Waals surface area contributed by atoms with Crippen molar-refractivity contribution in [3.05, 3.63) is 34.2 Å². The molecule has 0 aliphatic rings. The van der Waals surface area contributed by atoms with Crippen LogP contribution in [-0.4, -0.2) is 23.1 Å². The third-order valence-electron chi connectivity index (χ3n) is 2.71. The smallest absolute Gasteiger partial charge is 0.306 e. The number of esters is 1. The highest BCUT2D eigenvalue weighted by Gasteiger charge is 2.19. The van der Waals surface area contributed by atoms with Crippen LogP contribution in [0.5, 0.6) is 0 Å². The van der Waals surface area contributed by atoms with Crippen molar-refractivity contribution in [2.24, 2.45) is 0 Å². The van der Waals surface area contributed by atoms with Crippen LogP contribution in [0.1, 0.15) is 23.9 Å². The van der Waals surface area contributed by atoms with Crippen molar-refractivity contribution in [3.63, 3.8) is 0 Å². The van der Waals surface area contributed by atoms with Gasteiger partial charge in [0.2, 0.25) is 5.88 Å². The lowest BCUT2D eigenvalue weighted by Gasteiger charge is -2.11. The number of anilines is 1. The fraction of sp³-hybridized carbons (Fsp3) is 0.357. The molecule has 2 rings (SSSR count). The fourth-order valence-corrected chi connectivity index (χ4v) is 2.34. The van der Waals surface area contributed by atoms with E-state index in [4.69, 9.17) is 9.26 Å². The van der Waals surface area contributed by atoms with E-state index in [9.17, 15) is 9.59 Å². The number of aryl methyl sites for hydroxylation is 2. The molecule has 112 valence electrons. The van der Waals surface area contributed by atoms with E-state index in [1.165, 1.54) is 6.92 Å². The van der Waals surface area contributed by atoms with Crippen molar-refractivity contribution in [2.45, 2.75) is 32.8 Å². The van der Waals surface area contributed by atoms with E-state index in [2.05, 4.69) is 10.5 Å². The Morgan fingerprint density at radius 1 is 1.52 bits per heavy atom. The molecule has 0 bridgehead atoms. The largest absolute Gasteiger partial charge is 0.453 e. The van der Waals surface area contributed by atoms with Gasteiger partial charge in [0.1, 0.15) is 0 Å². The van der Waals surface area contributed by atoms with Gasteiger partial charge in [0.05, 0.1) is 12.1 Å². The molecule has 2 heterocycles. The molecule has 0 aromatic carbocycles. The van der Waals surface area contributed by atoms with Crippen molar-refractivity contribution in [3.8, 4) is 0 Å². The zero-order valence-corrected chi connectivity index (χ0v) is 12.6. The zero-order valence-electron chi connectivity index (χ0n) is 11.8. The molecule has 0 radical (unpaired) electrons. The van der Waals surface area contributed by atoms with E-state index in [1.54, 1.807) is 24.3 Å². The summed E-state index contributed by atoms with van der Waals surface area (Å²) in [6, 6.07) is 5.48. The van der Waals surface area contributed by atoms with Crippen LogP contribution in [0.15, 0.2) is 28.1 Å². The number of hydrogen-bond acceptors (Lipinski definition) is 6. The molecular formula is C14H16N2O4S. The number of thiophene rings is 1. The normalized spacial score (nSPS) is 11.9. The van der Waals surface area contributed by atoms with Crippen LogP contribution in [0.3, 0.4) is 0 Å². The first kappa shape index (κ1) is 15.2. The highest BCUT2D eigenvalue weighted by molar-refractivity contribution is 7.09. The van der Waals surface area contributed by atoms with Gasteiger partial charge < -0.3 is 9.26 Å². The lowest BCUT2D eigenvalue weighted by molar-refractivity contribution is -0.153. The number of amides is 1. The van der Waals surface area contributed by atoms with E-state index < -0.39 is 18.0 Å². The summed E-state index contributed by atoms with van der Waals surface area (Å²) in [4.78, 5) is 24.6. The van der Waals surface area contributed by atoms with Gasteiger partial charge in [0.25, 0.3) is 5.91 Å². The van der Waals surface area contributed by atoms with E-state index in [0.717, 1.165) is 4.88 Å². The van der Waals surface area contributed by atoms with Crippen molar-refractivity contribution >= 4 is 29.1 Å². The predicted octanol–water partition coefficient (Wildman–Crippen LogP) is 2.55. The fourth-order valence-electron chi connectivity index (χ4n) is 1.64. The second-order valence-electron chi connectivity index (χ2n) is 4.53. The average Bonchev–Trinajstić information content (AvgIpc) is 3.08. The van der Waals surface area contributed by atoms with Gasteiger partial charge in [-0.05, 0) is 31.7 Å². The van der Waals surface area contributed by atoms with Gasteiger partial charge in [-0.2, -0.15) is 0 Å². The number of aromatic nitrogens is 1. The van der Waals surface area contributed by atoms with Crippen LogP contribution < -0.4 is 5.32 Å². The third-order valence-corrected chi connectivity index (χ3v) is 3.64. The molecule has 0 saturated carbocycles. The number of rotatable bonds is 6. The van der Waals surface area contributed by atoms with E-state index in [1.807, 2.05) is 17.5 Å². The highest BCUT2D eigenvalue weighted by atomic mass is 32.1. The van der Waals surface area contributed by atoms with E-state index >= 15 is 0 Å².